The molecule has 0 radical (unpaired) electrons. The number of carboxylic acid groups (broad SMARTS) is 2. The fourth-order valence-electron chi connectivity index (χ4n) is 2.91. The minimum atomic E-state index is -5.08. The molecule has 2 aromatic carbocycles. The van der Waals surface area contributed by atoms with E-state index in [-0.39, 0.29) is 11.7 Å². The lowest BCUT2D eigenvalue weighted by Crippen LogP contribution is -2.21. The number of aliphatic carboxylic acids is 2. The van der Waals surface area contributed by atoms with Gasteiger partial charge in [-0.1, -0.05) is 24.3 Å². The molecule has 16 heteroatoms. The Kier molecular flexibility index (Phi) is 17.5. The van der Waals surface area contributed by atoms with Crippen molar-refractivity contribution in [2.45, 2.75) is 57.3 Å². The number of hydrogen-bond acceptors (Lipinski definition) is 6. The molecule has 0 bridgehead atoms. The molecule has 2 aromatic rings. The maximum Gasteiger partial charge on any atom is 0.490 e. The highest BCUT2D eigenvalue weighted by molar-refractivity contribution is 5.77. The molecule has 0 aliphatic heterocycles. The highest BCUT2D eigenvalue weighted by Gasteiger charge is 2.38. The molecule has 8 N–H and O–H groups in total. The molecule has 10 nitrogen and oxygen atoms in total. The second-order valence-electron chi connectivity index (χ2n) is 8.70. The van der Waals surface area contributed by atoms with Crippen molar-refractivity contribution < 1.29 is 55.6 Å². The zero-order valence-electron chi connectivity index (χ0n) is 22.9. The number of benzene rings is 2. The molecule has 0 unspecified atom stereocenters. The molecular weight excluding hydrogens is 590 g/mol. The van der Waals surface area contributed by atoms with Gasteiger partial charge in [0.05, 0.1) is 24.9 Å². The monoisotopic (exact) mass is 624 g/mol. The molecule has 0 spiro atoms. The van der Waals surface area contributed by atoms with Crippen LogP contribution in [0.3, 0.4) is 0 Å². The second kappa shape index (κ2) is 19.6. The molecule has 0 saturated carbocycles. The second-order valence-corrected chi connectivity index (χ2v) is 8.70. The van der Waals surface area contributed by atoms with E-state index in [4.69, 9.17) is 51.6 Å². The normalized spacial score (nSPS) is 10.7. The van der Waals surface area contributed by atoms with Crippen molar-refractivity contribution in [3.8, 4) is 11.5 Å². The first-order valence-corrected chi connectivity index (χ1v) is 12.6. The summed E-state index contributed by atoms with van der Waals surface area (Å²) in [6.45, 7) is 1.21. The van der Waals surface area contributed by atoms with Crippen LogP contribution < -0.4 is 20.9 Å². The molecule has 0 atom stereocenters. The third-order valence-corrected chi connectivity index (χ3v) is 4.98. The Labute approximate surface area is 243 Å². The molecule has 0 fully saturated rings. The van der Waals surface area contributed by atoms with E-state index in [1.54, 1.807) is 0 Å². The number of amidine groups is 2. The summed E-state index contributed by atoms with van der Waals surface area (Å²) >= 11 is 0. The van der Waals surface area contributed by atoms with Crippen molar-refractivity contribution in [3.05, 3.63) is 59.7 Å². The number of halogens is 6. The van der Waals surface area contributed by atoms with Crippen molar-refractivity contribution in [1.29, 1.82) is 10.8 Å². The van der Waals surface area contributed by atoms with E-state index in [1.807, 2.05) is 24.3 Å². The fraction of sp³-hybridized carbons (Fsp3) is 0.407. The van der Waals surface area contributed by atoms with Crippen molar-refractivity contribution in [3.63, 3.8) is 0 Å². The standard InChI is InChI=1S/C23H32N4O2.2C2HF3O2/c24-22(25)6-1-4-18-8-12-20(13-9-18)28-16-3-17-29-21-14-10-19(11-15-21)5-2-7-23(26)27;2*3-2(4,5)1(6)7/h8-15H,1-7,16-17H2,(H3,24,25)(H3,26,27);2*(H,6,7). The topological polar surface area (TPSA) is 193 Å². The van der Waals surface area contributed by atoms with Gasteiger partial charge in [-0.2, -0.15) is 26.3 Å². The van der Waals surface area contributed by atoms with Crippen molar-refractivity contribution in [1.82, 2.24) is 0 Å². The van der Waals surface area contributed by atoms with Gasteiger partial charge in [-0.3, -0.25) is 10.8 Å². The number of carboxylic acids is 2. The van der Waals surface area contributed by atoms with Crippen molar-refractivity contribution >= 4 is 23.6 Å². The lowest BCUT2D eigenvalue weighted by Gasteiger charge is -2.09. The van der Waals surface area contributed by atoms with Crippen LogP contribution in [0.15, 0.2) is 48.5 Å². The highest BCUT2D eigenvalue weighted by Crippen LogP contribution is 2.16. The molecule has 43 heavy (non-hydrogen) atoms. The summed E-state index contributed by atoms with van der Waals surface area (Å²) in [5.74, 6) is -3.31. The lowest BCUT2D eigenvalue weighted by molar-refractivity contribution is -0.193. The number of carbonyl (C=O) groups is 2. The van der Waals surface area contributed by atoms with E-state index in [0.717, 1.165) is 43.6 Å². The summed E-state index contributed by atoms with van der Waals surface area (Å²) in [6, 6.07) is 16.2. The van der Waals surface area contributed by atoms with E-state index in [1.165, 1.54) is 11.1 Å². The van der Waals surface area contributed by atoms with Crippen LogP contribution in [0.5, 0.6) is 11.5 Å². The summed E-state index contributed by atoms with van der Waals surface area (Å²) in [6.07, 6.45) is -4.45. The molecule has 0 aliphatic rings. The minimum absolute atomic E-state index is 0.243. The molecule has 0 amide bonds. The van der Waals surface area contributed by atoms with Crippen LogP contribution in [0.2, 0.25) is 0 Å². The van der Waals surface area contributed by atoms with Gasteiger partial charge < -0.3 is 31.2 Å². The van der Waals surface area contributed by atoms with Gasteiger partial charge in [0, 0.05) is 19.3 Å². The van der Waals surface area contributed by atoms with Crippen LogP contribution >= 0.6 is 0 Å². The summed E-state index contributed by atoms with van der Waals surface area (Å²) in [7, 11) is 0. The van der Waals surface area contributed by atoms with E-state index < -0.39 is 24.3 Å². The Balaban J connectivity index is 0.00000104. The third-order valence-electron chi connectivity index (χ3n) is 4.98. The zero-order valence-corrected chi connectivity index (χ0v) is 22.9. The molecule has 0 aromatic heterocycles. The average molecular weight is 625 g/mol. The Morgan fingerprint density at radius 3 is 1.14 bits per heavy atom. The van der Waals surface area contributed by atoms with Crippen LogP contribution in [0.25, 0.3) is 0 Å². The van der Waals surface area contributed by atoms with E-state index in [9.17, 15) is 26.3 Å². The summed E-state index contributed by atoms with van der Waals surface area (Å²) in [5, 5.41) is 28.7. The maximum atomic E-state index is 10.6. The molecule has 0 saturated heterocycles. The highest BCUT2D eigenvalue weighted by atomic mass is 19.4. The van der Waals surface area contributed by atoms with Gasteiger partial charge in [-0.05, 0) is 61.1 Å². The van der Waals surface area contributed by atoms with Gasteiger partial charge in [0.15, 0.2) is 0 Å². The van der Waals surface area contributed by atoms with Gasteiger partial charge in [0.2, 0.25) is 0 Å². The molecular formula is C27H34F6N4O6. The average Bonchev–Trinajstić information content (AvgIpc) is 2.89. The molecule has 240 valence electrons. The van der Waals surface area contributed by atoms with Gasteiger partial charge >= 0.3 is 24.3 Å². The quantitative estimate of drug-likeness (QED) is 0.0704. The minimum Gasteiger partial charge on any atom is -0.493 e. The summed E-state index contributed by atoms with van der Waals surface area (Å²) in [4.78, 5) is 17.8. The first-order valence-electron chi connectivity index (χ1n) is 12.6. The van der Waals surface area contributed by atoms with Gasteiger partial charge in [-0.15, -0.1) is 0 Å². The summed E-state index contributed by atoms with van der Waals surface area (Å²) in [5.41, 5.74) is 13.2. The Hall–Kier alpha value is -4.50. The Morgan fingerprint density at radius 2 is 0.907 bits per heavy atom. The number of rotatable bonds is 14. The van der Waals surface area contributed by atoms with Gasteiger partial charge in [0.1, 0.15) is 11.5 Å². The fourth-order valence-corrected chi connectivity index (χ4v) is 2.91. The molecule has 2 rings (SSSR count). The van der Waals surface area contributed by atoms with Crippen LogP contribution in [-0.2, 0) is 22.4 Å². The molecule has 0 heterocycles. The number of nitrogens with two attached hydrogens (primary N) is 2. The Morgan fingerprint density at radius 1 is 0.628 bits per heavy atom. The SMILES string of the molecule is N=C(N)CCCc1ccc(OCCCOc2ccc(CCCC(=N)N)cc2)cc1.O=C(O)C(F)(F)F.O=C(O)C(F)(F)F. The van der Waals surface area contributed by atoms with Gasteiger partial charge in [0.25, 0.3) is 0 Å². The zero-order chi connectivity index (χ0) is 33.1. The maximum absolute atomic E-state index is 10.6. The van der Waals surface area contributed by atoms with Crippen LogP contribution in [-0.4, -0.2) is 59.4 Å². The third kappa shape index (κ3) is 20.9. The number of nitrogens with one attached hydrogen (secondary N) is 2. The summed E-state index contributed by atoms with van der Waals surface area (Å²) < 4.78 is 75.0. The van der Waals surface area contributed by atoms with E-state index in [2.05, 4.69) is 24.3 Å². The van der Waals surface area contributed by atoms with Crippen LogP contribution in [0.1, 0.15) is 43.2 Å². The smallest absolute Gasteiger partial charge is 0.490 e. The van der Waals surface area contributed by atoms with E-state index >= 15 is 0 Å². The largest absolute Gasteiger partial charge is 0.493 e. The van der Waals surface area contributed by atoms with E-state index in [0.29, 0.717) is 26.1 Å². The predicted molar refractivity (Wildman–Crippen MR) is 146 cm³/mol. The van der Waals surface area contributed by atoms with Gasteiger partial charge in [-0.25, -0.2) is 9.59 Å². The first-order chi connectivity index (χ1) is 19.9. The lowest BCUT2D eigenvalue weighted by atomic mass is 10.1. The molecule has 0 aliphatic carbocycles. The first kappa shape index (κ1) is 38.5. The van der Waals surface area contributed by atoms with Crippen LogP contribution in [0.4, 0.5) is 26.3 Å². The van der Waals surface area contributed by atoms with Crippen molar-refractivity contribution in [2.75, 3.05) is 13.2 Å². The Bertz CT molecular complexity index is 1050. The van der Waals surface area contributed by atoms with Crippen LogP contribution in [0, 0.1) is 10.8 Å². The van der Waals surface area contributed by atoms with Crippen molar-refractivity contribution in [2.24, 2.45) is 11.5 Å². The predicted octanol–water partition coefficient (Wildman–Crippen LogP) is 5.32. The number of ether oxygens (including phenoxy) is 2. The number of aryl methyl sites for hydroxylation is 2. The number of alkyl halides is 6. The number of hydrogen-bond donors (Lipinski definition) is 6.